The molecule has 0 spiro atoms. The molecule has 9 heteroatoms. The average Bonchev–Trinajstić information content (AvgIpc) is 3.59. The zero-order chi connectivity index (χ0) is 21.9. The number of aryl methyl sites for hydroxylation is 1. The van der Waals surface area contributed by atoms with E-state index < -0.39 is 0 Å². The quantitative estimate of drug-likeness (QED) is 0.364. The Bertz CT molecular complexity index is 1210. The van der Waals surface area contributed by atoms with Crippen molar-refractivity contribution in [2.75, 3.05) is 13.1 Å². The highest BCUT2D eigenvalue weighted by Crippen LogP contribution is 2.31. The monoisotopic (exact) mass is 465 g/mol. The van der Waals surface area contributed by atoms with E-state index in [4.69, 9.17) is 4.42 Å². The number of carbonyl (C=O) groups is 1. The van der Waals surface area contributed by atoms with Gasteiger partial charge in [0.15, 0.2) is 10.9 Å². The van der Waals surface area contributed by atoms with Crippen LogP contribution in [0.3, 0.4) is 0 Å². The highest BCUT2D eigenvalue weighted by atomic mass is 32.2. The zero-order valence-electron chi connectivity index (χ0n) is 17.7. The van der Waals surface area contributed by atoms with Crippen LogP contribution in [0.15, 0.2) is 57.6 Å². The van der Waals surface area contributed by atoms with Gasteiger partial charge < -0.3 is 9.32 Å². The Hall–Kier alpha value is -2.91. The van der Waals surface area contributed by atoms with E-state index in [0.717, 1.165) is 47.3 Å². The molecule has 1 aliphatic heterocycles. The Kier molecular flexibility index (Phi) is 6.09. The lowest BCUT2D eigenvalue weighted by molar-refractivity contribution is 0.0719. The highest BCUT2D eigenvalue weighted by molar-refractivity contribution is 7.98. The van der Waals surface area contributed by atoms with Gasteiger partial charge in [0.05, 0.1) is 17.7 Å². The van der Waals surface area contributed by atoms with Crippen molar-refractivity contribution < 1.29 is 9.21 Å². The molecule has 1 aliphatic rings. The lowest BCUT2D eigenvalue weighted by Gasteiger charge is -2.25. The van der Waals surface area contributed by atoms with E-state index in [0.29, 0.717) is 23.0 Å². The molecule has 0 unspecified atom stereocenters. The van der Waals surface area contributed by atoms with Crippen molar-refractivity contribution in [2.24, 2.45) is 0 Å². The number of thioether (sulfide) groups is 1. The lowest BCUT2D eigenvalue weighted by Crippen LogP contribution is -2.35. The molecule has 4 aromatic rings. The summed E-state index contributed by atoms with van der Waals surface area (Å²) >= 11 is 3.07. The molecule has 7 nitrogen and oxygen atoms in total. The normalized spacial score (nSPS) is 14.1. The third kappa shape index (κ3) is 4.22. The van der Waals surface area contributed by atoms with Gasteiger partial charge in [-0.3, -0.25) is 9.36 Å². The molecule has 1 fully saturated rings. The smallest absolute Gasteiger partial charge is 0.273 e. The summed E-state index contributed by atoms with van der Waals surface area (Å²) < 4.78 is 7.62. The third-order valence-corrected chi connectivity index (χ3v) is 7.44. The fraction of sp³-hybridized carbons (Fsp3) is 0.304. The molecule has 0 bridgehead atoms. The number of piperidine rings is 1. The zero-order valence-corrected chi connectivity index (χ0v) is 19.4. The van der Waals surface area contributed by atoms with E-state index in [1.54, 1.807) is 18.0 Å². The molecule has 1 amide bonds. The molecule has 0 radical (unpaired) electrons. The minimum Gasteiger partial charge on any atom is -0.461 e. The number of aromatic nitrogens is 4. The van der Waals surface area contributed by atoms with E-state index >= 15 is 0 Å². The predicted octanol–water partition coefficient (Wildman–Crippen LogP) is 5.21. The van der Waals surface area contributed by atoms with E-state index in [-0.39, 0.29) is 5.91 Å². The van der Waals surface area contributed by atoms with Gasteiger partial charge in [0.25, 0.3) is 5.91 Å². The molecule has 5 rings (SSSR count). The van der Waals surface area contributed by atoms with Gasteiger partial charge in [-0.25, -0.2) is 4.98 Å². The number of furan rings is 1. The molecule has 1 aromatic carbocycles. The molecule has 164 valence electrons. The van der Waals surface area contributed by atoms with Crippen LogP contribution in [-0.2, 0) is 5.75 Å². The van der Waals surface area contributed by atoms with Crippen molar-refractivity contribution in [3.05, 3.63) is 64.3 Å². The van der Waals surface area contributed by atoms with Gasteiger partial charge >= 0.3 is 0 Å². The van der Waals surface area contributed by atoms with Gasteiger partial charge in [0.1, 0.15) is 10.7 Å². The SMILES string of the molecule is Cc1ccccc1-n1c(SCc2nc(C(=O)N3CCCCC3)cs2)nnc1-c1ccco1. The number of para-hydroxylation sites is 1. The molecule has 3 aromatic heterocycles. The Morgan fingerprint density at radius 2 is 1.97 bits per heavy atom. The van der Waals surface area contributed by atoms with Crippen LogP contribution < -0.4 is 0 Å². The summed E-state index contributed by atoms with van der Waals surface area (Å²) in [5, 5.41) is 12.4. The summed E-state index contributed by atoms with van der Waals surface area (Å²) in [7, 11) is 0. The fourth-order valence-electron chi connectivity index (χ4n) is 3.82. The first-order valence-electron chi connectivity index (χ1n) is 10.6. The topological polar surface area (TPSA) is 77.1 Å². The molecule has 0 atom stereocenters. The number of hydrogen-bond donors (Lipinski definition) is 0. The minimum absolute atomic E-state index is 0.0420. The van der Waals surface area contributed by atoms with Crippen LogP contribution in [0.1, 0.15) is 40.3 Å². The number of amides is 1. The molecule has 0 saturated carbocycles. The molecule has 0 aliphatic carbocycles. The van der Waals surface area contributed by atoms with Gasteiger partial charge in [-0.15, -0.1) is 21.5 Å². The Morgan fingerprint density at radius 1 is 1.12 bits per heavy atom. The first-order valence-corrected chi connectivity index (χ1v) is 12.5. The summed E-state index contributed by atoms with van der Waals surface area (Å²) in [6.07, 6.45) is 4.98. The predicted molar refractivity (Wildman–Crippen MR) is 125 cm³/mol. The summed E-state index contributed by atoms with van der Waals surface area (Å²) in [4.78, 5) is 19.2. The van der Waals surface area contributed by atoms with Crippen LogP contribution in [0.4, 0.5) is 0 Å². The number of thiazole rings is 1. The number of hydrogen-bond acceptors (Lipinski definition) is 7. The molecule has 0 N–H and O–H groups in total. The third-order valence-electron chi connectivity index (χ3n) is 5.47. The molecular formula is C23H23N5O2S2. The maximum atomic E-state index is 12.7. The van der Waals surface area contributed by atoms with Crippen LogP contribution in [0.25, 0.3) is 17.3 Å². The number of rotatable bonds is 6. The van der Waals surface area contributed by atoms with Crippen LogP contribution in [0.2, 0.25) is 0 Å². The summed E-state index contributed by atoms with van der Waals surface area (Å²) in [5.41, 5.74) is 2.67. The van der Waals surface area contributed by atoms with Gasteiger partial charge in [0, 0.05) is 18.5 Å². The Balaban J connectivity index is 1.38. The second kappa shape index (κ2) is 9.30. The van der Waals surface area contributed by atoms with Crippen molar-refractivity contribution in [1.82, 2.24) is 24.6 Å². The van der Waals surface area contributed by atoms with Crippen molar-refractivity contribution in [3.8, 4) is 17.3 Å². The van der Waals surface area contributed by atoms with Crippen LogP contribution in [0.5, 0.6) is 0 Å². The first-order chi connectivity index (χ1) is 15.7. The maximum absolute atomic E-state index is 12.7. The second-order valence-electron chi connectivity index (χ2n) is 7.67. The van der Waals surface area contributed by atoms with Crippen LogP contribution >= 0.6 is 23.1 Å². The van der Waals surface area contributed by atoms with E-state index in [2.05, 4.69) is 28.2 Å². The number of likely N-dealkylation sites (tertiary alicyclic amines) is 1. The van der Waals surface area contributed by atoms with Crippen molar-refractivity contribution in [1.29, 1.82) is 0 Å². The fourth-order valence-corrected chi connectivity index (χ4v) is 5.55. The van der Waals surface area contributed by atoms with Crippen molar-refractivity contribution >= 4 is 29.0 Å². The van der Waals surface area contributed by atoms with Crippen molar-refractivity contribution in [2.45, 2.75) is 37.1 Å². The molecule has 1 saturated heterocycles. The minimum atomic E-state index is 0.0420. The van der Waals surface area contributed by atoms with E-state index in [1.165, 1.54) is 17.8 Å². The Morgan fingerprint density at radius 3 is 2.75 bits per heavy atom. The van der Waals surface area contributed by atoms with E-state index in [1.807, 2.05) is 45.2 Å². The highest BCUT2D eigenvalue weighted by Gasteiger charge is 2.22. The maximum Gasteiger partial charge on any atom is 0.273 e. The van der Waals surface area contributed by atoms with Crippen LogP contribution in [-0.4, -0.2) is 43.6 Å². The van der Waals surface area contributed by atoms with Gasteiger partial charge in [-0.1, -0.05) is 30.0 Å². The largest absolute Gasteiger partial charge is 0.461 e. The number of benzene rings is 1. The summed E-state index contributed by atoms with van der Waals surface area (Å²) in [6.45, 7) is 3.72. The second-order valence-corrected chi connectivity index (χ2v) is 9.56. The molecule has 32 heavy (non-hydrogen) atoms. The standard InChI is InChI=1S/C23H23N5O2S2/c1-16-8-3-4-9-18(16)28-21(19-10-7-13-30-19)25-26-23(28)32-15-20-24-17(14-31-20)22(29)27-11-5-2-6-12-27/h3-4,7-10,13-14H,2,5-6,11-12,15H2,1H3. The first kappa shape index (κ1) is 21.0. The number of carbonyl (C=O) groups excluding carboxylic acids is 1. The van der Waals surface area contributed by atoms with Crippen LogP contribution in [0, 0.1) is 6.92 Å². The van der Waals surface area contributed by atoms with Gasteiger partial charge in [-0.2, -0.15) is 0 Å². The summed E-state index contributed by atoms with van der Waals surface area (Å²) in [6, 6.07) is 11.9. The number of nitrogens with zero attached hydrogens (tertiary/aromatic N) is 5. The van der Waals surface area contributed by atoms with Gasteiger partial charge in [-0.05, 0) is 49.9 Å². The summed E-state index contributed by atoms with van der Waals surface area (Å²) in [5.74, 6) is 1.98. The van der Waals surface area contributed by atoms with Gasteiger partial charge in [0.2, 0.25) is 5.82 Å². The van der Waals surface area contributed by atoms with E-state index in [9.17, 15) is 4.79 Å². The lowest BCUT2D eigenvalue weighted by atomic mass is 10.1. The molecule has 4 heterocycles. The van der Waals surface area contributed by atoms with Crippen molar-refractivity contribution in [3.63, 3.8) is 0 Å². The average molecular weight is 466 g/mol. The Labute approximate surface area is 194 Å². The molecular weight excluding hydrogens is 442 g/mol.